The molecule has 0 bridgehead atoms. The molecule has 170 valence electrons. The maximum Gasteiger partial charge on any atom is 0.471 e. The number of carbonyl (C=O) groups excluding carboxylic acids is 1. The fourth-order valence-electron chi connectivity index (χ4n) is 4.90. The van der Waals surface area contributed by atoms with Gasteiger partial charge in [0.05, 0.1) is 0 Å². The third-order valence-electron chi connectivity index (χ3n) is 6.30. The van der Waals surface area contributed by atoms with Crippen LogP contribution in [-0.4, -0.2) is 82.8 Å². The van der Waals surface area contributed by atoms with Gasteiger partial charge in [0.1, 0.15) is 0 Å². The van der Waals surface area contributed by atoms with Gasteiger partial charge in [-0.25, -0.2) is 4.79 Å². The molecule has 2 aliphatic heterocycles. The van der Waals surface area contributed by atoms with E-state index in [-0.39, 0.29) is 44.7 Å². The number of fused-ring (bicyclic) bond motifs is 1. The first-order valence-electron chi connectivity index (χ1n) is 10.5. The van der Waals surface area contributed by atoms with Gasteiger partial charge in [0.25, 0.3) is 0 Å². The quantitative estimate of drug-likeness (QED) is 0.785. The molecule has 2 heterocycles. The molecule has 2 aromatic rings. The second kappa shape index (κ2) is 8.82. The van der Waals surface area contributed by atoms with Crippen molar-refractivity contribution in [2.24, 2.45) is 0 Å². The zero-order valence-corrected chi connectivity index (χ0v) is 17.3. The highest BCUT2D eigenvalue weighted by Gasteiger charge is 2.48. The molecule has 1 N–H and O–H groups in total. The summed E-state index contributed by atoms with van der Waals surface area (Å²) in [6, 6.07) is 18.6. The van der Waals surface area contributed by atoms with Gasteiger partial charge in [0.2, 0.25) is 0 Å². The van der Waals surface area contributed by atoms with Gasteiger partial charge in [-0.05, 0) is 11.1 Å². The van der Waals surface area contributed by atoms with Crippen molar-refractivity contribution >= 4 is 12.0 Å². The number of halogens is 3. The number of amides is 2. The summed E-state index contributed by atoms with van der Waals surface area (Å²) in [5, 5.41) is 9.72. The number of carbonyl (C=O) groups is 2. The third-order valence-corrected chi connectivity index (χ3v) is 6.30. The summed E-state index contributed by atoms with van der Waals surface area (Å²) in [6.07, 6.45) is -6.06. The summed E-state index contributed by atoms with van der Waals surface area (Å²) in [6.45, 7) is 0.335. The number of benzene rings is 2. The van der Waals surface area contributed by atoms with Crippen LogP contribution in [-0.2, 0) is 4.79 Å². The van der Waals surface area contributed by atoms with Crippen molar-refractivity contribution in [2.45, 2.75) is 24.2 Å². The fraction of sp³-hybridized carbons (Fsp3) is 0.391. The van der Waals surface area contributed by atoms with E-state index < -0.39 is 24.2 Å². The molecular formula is C23H24F3N3O3. The average molecular weight is 447 g/mol. The van der Waals surface area contributed by atoms with Crippen LogP contribution in [0.4, 0.5) is 18.0 Å². The smallest absolute Gasteiger partial charge is 0.465 e. The van der Waals surface area contributed by atoms with E-state index in [9.17, 15) is 27.9 Å². The normalized spacial score (nSPS) is 22.0. The van der Waals surface area contributed by atoms with Gasteiger partial charge in [-0.1, -0.05) is 60.7 Å². The van der Waals surface area contributed by atoms with Crippen LogP contribution in [0.1, 0.15) is 17.0 Å². The van der Waals surface area contributed by atoms with Crippen LogP contribution in [0.3, 0.4) is 0 Å². The molecule has 0 radical (unpaired) electrons. The molecule has 4 rings (SSSR count). The highest BCUT2D eigenvalue weighted by atomic mass is 19.4. The first-order chi connectivity index (χ1) is 15.3. The number of hydrogen-bond donors (Lipinski definition) is 1. The molecule has 0 aliphatic carbocycles. The number of alkyl halides is 3. The topological polar surface area (TPSA) is 64.1 Å². The van der Waals surface area contributed by atoms with Crippen molar-refractivity contribution in [2.75, 3.05) is 32.7 Å². The Morgan fingerprint density at radius 3 is 1.88 bits per heavy atom. The molecule has 6 nitrogen and oxygen atoms in total. The van der Waals surface area contributed by atoms with Crippen LogP contribution in [0.5, 0.6) is 0 Å². The lowest BCUT2D eigenvalue weighted by Crippen LogP contribution is -2.68. The predicted molar refractivity (Wildman–Crippen MR) is 111 cm³/mol. The Labute approximate surface area is 183 Å². The van der Waals surface area contributed by atoms with E-state index in [0.29, 0.717) is 0 Å². The van der Waals surface area contributed by atoms with Gasteiger partial charge in [-0.2, -0.15) is 13.2 Å². The fourth-order valence-corrected chi connectivity index (χ4v) is 4.90. The molecule has 2 saturated heterocycles. The minimum absolute atomic E-state index is 0.0469. The molecule has 2 aromatic carbocycles. The zero-order chi connectivity index (χ0) is 22.9. The van der Waals surface area contributed by atoms with Crippen LogP contribution in [0.15, 0.2) is 60.7 Å². The van der Waals surface area contributed by atoms with E-state index in [0.717, 1.165) is 16.0 Å². The lowest BCUT2D eigenvalue weighted by Gasteiger charge is -2.52. The summed E-state index contributed by atoms with van der Waals surface area (Å²) >= 11 is 0. The Morgan fingerprint density at radius 1 is 0.844 bits per heavy atom. The largest absolute Gasteiger partial charge is 0.471 e. The number of piperazine rings is 2. The van der Waals surface area contributed by atoms with Crippen molar-refractivity contribution in [3.05, 3.63) is 71.8 Å². The lowest BCUT2D eigenvalue weighted by molar-refractivity contribution is -0.189. The number of nitrogens with zero attached hydrogens (tertiary/aromatic N) is 3. The summed E-state index contributed by atoms with van der Waals surface area (Å²) in [7, 11) is 0. The monoisotopic (exact) mass is 447 g/mol. The summed E-state index contributed by atoms with van der Waals surface area (Å²) in [5.41, 5.74) is 2.01. The molecule has 1 unspecified atom stereocenters. The Hall–Kier alpha value is -3.07. The Bertz CT molecular complexity index is 916. The molecule has 2 fully saturated rings. The molecule has 0 spiro atoms. The van der Waals surface area contributed by atoms with Gasteiger partial charge < -0.3 is 14.9 Å². The van der Waals surface area contributed by atoms with Crippen molar-refractivity contribution < 1.29 is 27.9 Å². The molecule has 32 heavy (non-hydrogen) atoms. The van der Waals surface area contributed by atoms with Gasteiger partial charge >= 0.3 is 18.2 Å². The minimum Gasteiger partial charge on any atom is -0.465 e. The first kappa shape index (κ1) is 22.1. The van der Waals surface area contributed by atoms with E-state index in [1.807, 2.05) is 60.7 Å². The van der Waals surface area contributed by atoms with E-state index in [2.05, 4.69) is 4.90 Å². The van der Waals surface area contributed by atoms with Crippen LogP contribution >= 0.6 is 0 Å². The lowest BCUT2D eigenvalue weighted by atomic mass is 9.82. The summed E-state index contributed by atoms with van der Waals surface area (Å²) in [5.74, 6) is -2.05. The van der Waals surface area contributed by atoms with Crippen LogP contribution in [0.2, 0.25) is 0 Å². The predicted octanol–water partition coefficient (Wildman–Crippen LogP) is 3.26. The van der Waals surface area contributed by atoms with E-state index in [1.54, 1.807) is 0 Å². The Morgan fingerprint density at radius 2 is 1.38 bits per heavy atom. The van der Waals surface area contributed by atoms with Crippen LogP contribution in [0.25, 0.3) is 0 Å². The second-order valence-electron chi connectivity index (χ2n) is 8.19. The molecule has 0 saturated carbocycles. The SMILES string of the molecule is O=C(O)N1CC(C(c2ccccc2)c2ccccc2)N2CCN(C(=O)C(F)(F)F)C[C@H]2C1. The van der Waals surface area contributed by atoms with E-state index >= 15 is 0 Å². The Kier molecular flexibility index (Phi) is 6.10. The molecular weight excluding hydrogens is 423 g/mol. The van der Waals surface area contributed by atoms with E-state index in [1.165, 1.54) is 4.90 Å². The Balaban J connectivity index is 1.70. The third kappa shape index (κ3) is 4.43. The average Bonchev–Trinajstić information content (AvgIpc) is 2.79. The number of hydrogen-bond acceptors (Lipinski definition) is 3. The van der Waals surface area contributed by atoms with Gasteiger partial charge in [-0.15, -0.1) is 0 Å². The summed E-state index contributed by atoms with van der Waals surface area (Å²) < 4.78 is 39.0. The minimum atomic E-state index is -4.95. The molecule has 9 heteroatoms. The maximum atomic E-state index is 13.0. The van der Waals surface area contributed by atoms with Gasteiger partial charge in [0, 0.05) is 50.7 Å². The molecule has 0 aromatic heterocycles. The zero-order valence-electron chi connectivity index (χ0n) is 17.3. The van der Waals surface area contributed by atoms with Crippen molar-refractivity contribution in [3.8, 4) is 0 Å². The highest BCUT2D eigenvalue weighted by Crippen LogP contribution is 2.36. The van der Waals surface area contributed by atoms with Crippen LogP contribution in [0, 0.1) is 0 Å². The van der Waals surface area contributed by atoms with E-state index in [4.69, 9.17) is 0 Å². The molecule has 2 amide bonds. The second-order valence-corrected chi connectivity index (χ2v) is 8.19. The van der Waals surface area contributed by atoms with Gasteiger partial charge in [0.15, 0.2) is 0 Å². The van der Waals surface area contributed by atoms with Crippen molar-refractivity contribution in [1.82, 2.24) is 14.7 Å². The summed E-state index contributed by atoms with van der Waals surface area (Å²) in [4.78, 5) is 27.9. The van der Waals surface area contributed by atoms with Gasteiger partial charge in [-0.3, -0.25) is 9.69 Å². The van der Waals surface area contributed by atoms with Crippen LogP contribution < -0.4 is 0 Å². The molecule has 2 aliphatic rings. The standard InChI is InChI=1S/C23H24F3N3O3/c24-23(25,26)21(30)27-11-12-29-18(13-27)14-28(22(31)32)15-19(29)20(16-7-3-1-4-8-16)17-9-5-2-6-10-17/h1-10,18-20H,11-15H2,(H,31,32)/t18-,19?/m0/s1. The molecule has 2 atom stereocenters. The number of rotatable bonds is 3. The van der Waals surface area contributed by atoms with Crippen molar-refractivity contribution in [3.63, 3.8) is 0 Å². The highest BCUT2D eigenvalue weighted by molar-refractivity contribution is 5.82. The van der Waals surface area contributed by atoms with Crippen molar-refractivity contribution in [1.29, 1.82) is 0 Å². The maximum absolute atomic E-state index is 13.0. The number of carboxylic acid groups (broad SMARTS) is 1. The first-order valence-corrected chi connectivity index (χ1v) is 10.5.